The van der Waals surface area contributed by atoms with Gasteiger partial charge in [0, 0.05) is 55.1 Å². The molecule has 2 N–H and O–H groups in total. The Hall–Kier alpha value is -4.75. The van der Waals surface area contributed by atoms with Gasteiger partial charge in [-0.25, -0.2) is 13.8 Å². The molecule has 6 heterocycles. The van der Waals surface area contributed by atoms with Crippen molar-refractivity contribution in [3.05, 3.63) is 94.8 Å². The lowest BCUT2D eigenvalue weighted by molar-refractivity contribution is -0.112. The van der Waals surface area contributed by atoms with E-state index in [1.54, 1.807) is 18.3 Å². The highest BCUT2D eigenvalue weighted by molar-refractivity contribution is 6.09. The van der Waals surface area contributed by atoms with E-state index < -0.39 is 24.1 Å². The molecule has 1 amide bonds. The molecule has 0 radical (unpaired) electrons. The molecule has 12 heteroatoms. The van der Waals surface area contributed by atoms with Gasteiger partial charge in [0.2, 0.25) is 0 Å². The molecule has 1 saturated carbocycles. The third-order valence-electron chi connectivity index (χ3n) is 11.2. The molecule has 4 aliphatic rings. The second kappa shape index (κ2) is 13.6. The van der Waals surface area contributed by atoms with E-state index in [-0.39, 0.29) is 36.1 Å². The van der Waals surface area contributed by atoms with Crippen molar-refractivity contribution in [1.29, 1.82) is 0 Å². The second-order valence-corrected chi connectivity index (χ2v) is 15.0. The number of H-pyrrole nitrogens is 1. The number of carbonyl (C=O) groups is 1. The number of fused-ring (bicyclic) bond motifs is 2. The summed E-state index contributed by atoms with van der Waals surface area (Å²) in [7, 11) is 0. The van der Waals surface area contributed by atoms with Gasteiger partial charge in [0.25, 0.3) is 5.91 Å². The van der Waals surface area contributed by atoms with E-state index in [9.17, 15) is 9.90 Å². The van der Waals surface area contributed by atoms with Crippen LogP contribution in [0.1, 0.15) is 59.7 Å². The highest BCUT2D eigenvalue weighted by Gasteiger charge is 2.38. The number of anilines is 1. The number of ether oxygens (including phenoxy) is 2. The summed E-state index contributed by atoms with van der Waals surface area (Å²) < 4.78 is 42.4. The Bertz CT molecular complexity index is 2190. The van der Waals surface area contributed by atoms with Gasteiger partial charge in [-0.3, -0.25) is 19.6 Å². The van der Waals surface area contributed by atoms with Crippen LogP contribution in [0, 0.1) is 11.6 Å². The van der Waals surface area contributed by atoms with Gasteiger partial charge in [0.15, 0.2) is 0 Å². The van der Waals surface area contributed by atoms with Gasteiger partial charge in [0.05, 0.1) is 49.5 Å². The van der Waals surface area contributed by atoms with Crippen molar-refractivity contribution in [3.8, 4) is 28.3 Å². The number of aliphatic hydroxyl groups excluding tert-OH is 1. The Kier molecular flexibility index (Phi) is 8.73. The van der Waals surface area contributed by atoms with Gasteiger partial charge < -0.3 is 24.5 Å². The number of carbonyl (C=O) groups excluding carboxylic acids is 1. The number of aromatic amines is 1. The molecule has 0 bridgehead atoms. The molecule has 10 nitrogen and oxygen atoms in total. The number of piperazine rings is 1. The van der Waals surface area contributed by atoms with Crippen molar-refractivity contribution < 1.29 is 28.2 Å². The number of aliphatic hydroxyl groups is 1. The minimum Gasteiger partial charge on any atom is -0.491 e. The van der Waals surface area contributed by atoms with Crippen LogP contribution in [0.25, 0.3) is 33.5 Å². The lowest BCUT2D eigenvalue weighted by Crippen LogP contribution is -2.64. The van der Waals surface area contributed by atoms with Crippen LogP contribution >= 0.6 is 0 Å². The van der Waals surface area contributed by atoms with Gasteiger partial charge in [-0.05, 0) is 97.3 Å². The number of benzene rings is 2. The average Bonchev–Trinajstić information content (AvgIpc) is 3.90. The van der Waals surface area contributed by atoms with E-state index in [0.717, 1.165) is 68.2 Å². The molecule has 2 atom stereocenters. The fourth-order valence-corrected chi connectivity index (χ4v) is 8.58. The van der Waals surface area contributed by atoms with Crippen LogP contribution in [-0.4, -0.2) is 93.3 Å². The first-order valence-electron chi connectivity index (χ1n) is 18.5. The second-order valence-electron chi connectivity index (χ2n) is 15.0. The summed E-state index contributed by atoms with van der Waals surface area (Å²) in [5.74, 6) is -1.44. The normalized spacial score (nSPS) is 21.4. The molecule has 5 aromatic rings. The molecular weight excluding hydrogens is 678 g/mol. The number of rotatable bonds is 8. The molecule has 274 valence electrons. The first kappa shape index (κ1) is 34.0. The van der Waals surface area contributed by atoms with Gasteiger partial charge >= 0.3 is 0 Å². The molecule has 3 fully saturated rings. The summed E-state index contributed by atoms with van der Waals surface area (Å²) in [6, 6.07) is 14.9. The predicted molar refractivity (Wildman–Crippen MR) is 197 cm³/mol. The first-order chi connectivity index (χ1) is 25.7. The number of nitrogens with zero attached hydrogens (tertiary/aromatic N) is 5. The summed E-state index contributed by atoms with van der Waals surface area (Å²) in [4.78, 5) is 33.0. The highest BCUT2D eigenvalue weighted by Crippen LogP contribution is 2.44. The third kappa shape index (κ3) is 6.27. The zero-order chi connectivity index (χ0) is 36.4. The van der Waals surface area contributed by atoms with E-state index in [1.807, 2.05) is 18.3 Å². The minimum absolute atomic E-state index is 0.0491. The van der Waals surface area contributed by atoms with Gasteiger partial charge in [0.1, 0.15) is 35.2 Å². The zero-order valence-electron chi connectivity index (χ0n) is 29.8. The van der Waals surface area contributed by atoms with E-state index in [4.69, 9.17) is 14.5 Å². The van der Waals surface area contributed by atoms with Crippen molar-refractivity contribution in [2.75, 3.05) is 44.4 Å². The monoisotopic (exact) mass is 720 g/mol. The highest BCUT2D eigenvalue weighted by atomic mass is 19.1. The third-order valence-corrected chi connectivity index (χ3v) is 11.2. The maximum Gasteiger partial charge on any atom is 0.265 e. The molecule has 2 aromatic carbocycles. The number of aromatic nitrogens is 3. The number of hydrogen-bond donors (Lipinski definition) is 2. The van der Waals surface area contributed by atoms with Gasteiger partial charge in [-0.2, -0.15) is 0 Å². The molecule has 0 spiro atoms. The molecule has 2 unspecified atom stereocenters. The Morgan fingerprint density at radius 2 is 1.79 bits per heavy atom. The Morgan fingerprint density at radius 1 is 0.981 bits per heavy atom. The molecule has 3 aliphatic heterocycles. The number of hydrogen-bond acceptors (Lipinski definition) is 8. The fourth-order valence-electron chi connectivity index (χ4n) is 8.58. The van der Waals surface area contributed by atoms with Crippen molar-refractivity contribution in [3.63, 3.8) is 0 Å². The number of amides is 1. The zero-order valence-corrected chi connectivity index (χ0v) is 29.8. The Morgan fingerprint density at radius 3 is 2.49 bits per heavy atom. The SMILES string of the molecule is CC1CN(Cc2ccc(-c3cc4c(-c5cc(F)cc(N6CCOc7cc(C8CC8)cc(F)c7C6=O)c5CO)ccnc4[nH]3)nc2)CC(C)N1C1COC1. The van der Waals surface area contributed by atoms with Crippen molar-refractivity contribution in [1.82, 2.24) is 24.8 Å². The lowest BCUT2D eigenvalue weighted by Gasteiger charge is -2.50. The van der Waals surface area contributed by atoms with Gasteiger partial charge in [-0.15, -0.1) is 0 Å². The molecule has 3 aromatic heterocycles. The van der Waals surface area contributed by atoms with Crippen LogP contribution in [-0.2, 0) is 17.9 Å². The van der Waals surface area contributed by atoms with Crippen LogP contribution < -0.4 is 9.64 Å². The molecule has 1 aliphatic carbocycles. The van der Waals surface area contributed by atoms with Crippen LogP contribution in [0.4, 0.5) is 14.5 Å². The Balaban J connectivity index is 0.996. The summed E-state index contributed by atoms with van der Waals surface area (Å²) in [6.45, 7) is 8.67. The maximum atomic E-state index is 15.6. The standard InChI is InChI=1S/C41H42F2N6O4/c1-23-17-47(18-24(2)49(23)29-21-52-22-29)19-25-3-6-35(45-16-25)36-15-32-30(7-8-44-40(32)46-36)31-13-28(42)14-37(33(31)20-50)48-9-10-53-38-12-27(26-4-5-26)11-34(43)39(38)41(48)51/h3,6-8,11-16,23-24,26,29,50H,4-5,9-10,17-22H2,1-2H3,(H,44,46). The fraction of sp³-hybridized carbons (Fsp3) is 0.390. The van der Waals surface area contributed by atoms with Crippen LogP contribution in [0.2, 0.25) is 0 Å². The molecule has 2 saturated heterocycles. The van der Waals surface area contributed by atoms with Crippen LogP contribution in [0.5, 0.6) is 5.75 Å². The largest absolute Gasteiger partial charge is 0.491 e. The summed E-state index contributed by atoms with van der Waals surface area (Å²) >= 11 is 0. The molecular formula is C41H42F2N6O4. The topological polar surface area (TPSA) is 107 Å². The lowest BCUT2D eigenvalue weighted by atomic mass is 9.95. The maximum absolute atomic E-state index is 15.6. The Labute approximate surface area is 306 Å². The van der Waals surface area contributed by atoms with Crippen molar-refractivity contribution in [2.24, 2.45) is 0 Å². The predicted octanol–water partition coefficient (Wildman–Crippen LogP) is 6.27. The smallest absolute Gasteiger partial charge is 0.265 e. The minimum atomic E-state index is -0.664. The molecule has 9 rings (SSSR count). The number of pyridine rings is 2. The van der Waals surface area contributed by atoms with E-state index in [1.165, 1.54) is 23.1 Å². The first-order valence-corrected chi connectivity index (χ1v) is 18.5. The molecule has 53 heavy (non-hydrogen) atoms. The van der Waals surface area contributed by atoms with Crippen molar-refractivity contribution in [2.45, 2.75) is 63.9 Å². The van der Waals surface area contributed by atoms with E-state index >= 15 is 8.78 Å². The van der Waals surface area contributed by atoms with Gasteiger partial charge in [-0.1, -0.05) is 6.07 Å². The van der Waals surface area contributed by atoms with E-state index in [0.29, 0.717) is 45.8 Å². The van der Waals surface area contributed by atoms with Crippen LogP contribution in [0.3, 0.4) is 0 Å². The number of nitrogens with one attached hydrogen (secondary N) is 1. The van der Waals surface area contributed by atoms with E-state index in [2.05, 4.69) is 39.7 Å². The summed E-state index contributed by atoms with van der Waals surface area (Å²) in [5, 5.41) is 11.5. The average molecular weight is 721 g/mol. The summed E-state index contributed by atoms with van der Waals surface area (Å²) in [6.07, 6.45) is 5.49. The quantitative estimate of drug-likeness (QED) is 0.193. The summed E-state index contributed by atoms with van der Waals surface area (Å²) in [5.41, 5.74) is 5.32. The van der Waals surface area contributed by atoms with Crippen LogP contribution in [0.15, 0.2) is 60.9 Å². The number of halogens is 2. The van der Waals surface area contributed by atoms with Crippen molar-refractivity contribution >= 4 is 22.6 Å².